The van der Waals surface area contributed by atoms with Crippen LogP contribution in [0.4, 0.5) is 5.88 Å². The first-order valence-corrected chi connectivity index (χ1v) is 7.57. The van der Waals surface area contributed by atoms with Crippen LogP contribution in [0, 0.1) is 6.92 Å². The lowest BCUT2D eigenvalue weighted by atomic mass is 10.1. The van der Waals surface area contributed by atoms with Crippen molar-refractivity contribution in [1.82, 2.24) is 10.5 Å². The first kappa shape index (κ1) is 16.8. The number of nitrogens with zero attached hydrogens (tertiary/aromatic N) is 1. The Hall–Kier alpha value is -1.56. The lowest BCUT2D eigenvalue weighted by Crippen LogP contribution is -2.39. The zero-order valence-electron chi connectivity index (χ0n) is 12.5. The standard InChI is InChI=1S/C15H17Cl2N3O2/c1-8-6-14(22-20-8)19-15(21)10(3)18-9(2)12-5-4-11(16)7-13(12)17/h4-7,9-10,18H,1-3H3,(H,19,21)/t9-,10-/m1/s1. The van der Waals surface area contributed by atoms with Gasteiger partial charge in [0.05, 0.1) is 11.7 Å². The molecule has 0 aliphatic carbocycles. The third-order valence-corrected chi connectivity index (χ3v) is 3.76. The summed E-state index contributed by atoms with van der Waals surface area (Å²) in [6.45, 7) is 5.47. The topological polar surface area (TPSA) is 67.2 Å². The Balaban J connectivity index is 1.98. The molecule has 0 spiro atoms. The molecular weight excluding hydrogens is 325 g/mol. The van der Waals surface area contributed by atoms with Crippen LogP contribution in [0.25, 0.3) is 0 Å². The number of benzene rings is 1. The number of aryl methyl sites for hydroxylation is 1. The fourth-order valence-corrected chi connectivity index (χ4v) is 2.62. The molecule has 0 aliphatic heterocycles. The van der Waals surface area contributed by atoms with Crippen LogP contribution in [0.1, 0.15) is 31.1 Å². The molecule has 0 bridgehead atoms. The van der Waals surface area contributed by atoms with Gasteiger partial charge in [0, 0.05) is 22.2 Å². The molecule has 5 nitrogen and oxygen atoms in total. The molecule has 1 aromatic heterocycles. The van der Waals surface area contributed by atoms with E-state index in [9.17, 15) is 4.79 Å². The molecule has 0 saturated heterocycles. The van der Waals surface area contributed by atoms with Crippen molar-refractivity contribution >= 4 is 35.0 Å². The SMILES string of the molecule is Cc1cc(NC(=O)[C@@H](C)N[C@H](C)c2ccc(Cl)cc2Cl)on1. The Kier molecular flexibility index (Phi) is 5.45. The first-order chi connectivity index (χ1) is 10.4. The third kappa shape index (κ3) is 4.22. The van der Waals surface area contributed by atoms with Gasteiger partial charge in [0.25, 0.3) is 0 Å². The van der Waals surface area contributed by atoms with Gasteiger partial charge in [-0.3, -0.25) is 15.4 Å². The van der Waals surface area contributed by atoms with Crippen LogP contribution in [0.15, 0.2) is 28.8 Å². The molecule has 2 N–H and O–H groups in total. The Morgan fingerprint density at radius 3 is 2.59 bits per heavy atom. The summed E-state index contributed by atoms with van der Waals surface area (Å²) >= 11 is 12.1. The van der Waals surface area contributed by atoms with E-state index in [-0.39, 0.29) is 11.9 Å². The van der Waals surface area contributed by atoms with E-state index >= 15 is 0 Å². The predicted octanol–water partition coefficient (Wildman–Crippen LogP) is 3.97. The molecule has 7 heteroatoms. The predicted molar refractivity (Wildman–Crippen MR) is 87.3 cm³/mol. The van der Waals surface area contributed by atoms with Crippen LogP contribution >= 0.6 is 23.2 Å². The van der Waals surface area contributed by atoms with Gasteiger partial charge in [-0.15, -0.1) is 0 Å². The maximum atomic E-state index is 12.1. The Morgan fingerprint density at radius 2 is 2.00 bits per heavy atom. The Bertz CT molecular complexity index is 673. The van der Waals surface area contributed by atoms with E-state index in [4.69, 9.17) is 27.7 Å². The van der Waals surface area contributed by atoms with Crippen LogP contribution in [0.3, 0.4) is 0 Å². The number of hydrogen-bond acceptors (Lipinski definition) is 4. The van der Waals surface area contributed by atoms with Gasteiger partial charge in [-0.25, -0.2) is 0 Å². The van der Waals surface area contributed by atoms with E-state index in [2.05, 4.69) is 15.8 Å². The highest BCUT2D eigenvalue weighted by atomic mass is 35.5. The first-order valence-electron chi connectivity index (χ1n) is 6.82. The highest BCUT2D eigenvalue weighted by Crippen LogP contribution is 2.26. The minimum absolute atomic E-state index is 0.109. The van der Waals surface area contributed by atoms with Crippen molar-refractivity contribution in [3.63, 3.8) is 0 Å². The van der Waals surface area contributed by atoms with Crippen LogP contribution in [-0.2, 0) is 4.79 Å². The molecule has 0 fully saturated rings. The zero-order chi connectivity index (χ0) is 16.3. The van der Waals surface area contributed by atoms with Crippen LogP contribution in [0.5, 0.6) is 0 Å². The lowest BCUT2D eigenvalue weighted by molar-refractivity contribution is -0.118. The molecule has 2 atom stereocenters. The van der Waals surface area contributed by atoms with Gasteiger partial charge >= 0.3 is 0 Å². The van der Waals surface area contributed by atoms with E-state index in [1.165, 1.54) is 0 Å². The van der Waals surface area contributed by atoms with Gasteiger partial charge < -0.3 is 4.52 Å². The lowest BCUT2D eigenvalue weighted by Gasteiger charge is -2.20. The van der Waals surface area contributed by atoms with Crippen molar-refractivity contribution in [2.45, 2.75) is 32.9 Å². The van der Waals surface area contributed by atoms with Gasteiger partial charge in [-0.2, -0.15) is 0 Å². The second-order valence-electron chi connectivity index (χ2n) is 5.10. The van der Waals surface area contributed by atoms with Crippen molar-refractivity contribution in [3.8, 4) is 0 Å². The molecule has 0 radical (unpaired) electrons. The second kappa shape index (κ2) is 7.13. The monoisotopic (exact) mass is 341 g/mol. The number of halogens is 2. The van der Waals surface area contributed by atoms with Crippen LogP contribution < -0.4 is 10.6 Å². The van der Waals surface area contributed by atoms with Crippen molar-refractivity contribution < 1.29 is 9.32 Å². The summed E-state index contributed by atoms with van der Waals surface area (Å²) in [6, 6.07) is 6.40. The summed E-state index contributed by atoms with van der Waals surface area (Å²) < 4.78 is 4.96. The number of anilines is 1. The van der Waals surface area contributed by atoms with Crippen molar-refractivity contribution in [2.24, 2.45) is 0 Å². The maximum Gasteiger partial charge on any atom is 0.243 e. The Morgan fingerprint density at radius 1 is 1.27 bits per heavy atom. The highest BCUT2D eigenvalue weighted by molar-refractivity contribution is 6.35. The van der Waals surface area contributed by atoms with Crippen molar-refractivity contribution in [3.05, 3.63) is 45.6 Å². The van der Waals surface area contributed by atoms with Crippen molar-refractivity contribution in [1.29, 1.82) is 0 Å². The molecule has 1 heterocycles. The average Bonchev–Trinajstić information content (AvgIpc) is 2.83. The molecule has 22 heavy (non-hydrogen) atoms. The minimum Gasteiger partial charge on any atom is -0.338 e. The molecule has 0 unspecified atom stereocenters. The summed E-state index contributed by atoms with van der Waals surface area (Å²) in [5.74, 6) is 0.112. The molecule has 118 valence electrons. The smallest absolute Gasteiger partial charge is 0.243 e. The van der Waals surface area contributed by atoms with Crippen LogP contribution in [-0.4, -0.2) is 17.1 Å². The van der Waals surface area contributed by atoms with E-state index in [0.29, 0.717) is 21.6 Å². The summed E-state index contributed by atoms with van der Waals surface area (Å²) in [5, 5.41) is 10.7. The summed E-state index contributed by atoms with van der Waals surface area (Å²) in [7, 11) is 0. The quantitative estimate of drug-likeness (QED) is 0.863. The average molecular weight is 342 g/mol. The number of rotatable bonds is 5. The fraction of sp³-hybridized carbons (Fsp3) is 0.333. The number of nitrogens with one attached hydrogen (secondary N) is 2. The Labute approximate surface area is 139 Å². The molecule has 2 rings (SSSR count). The molecule has 2 aromatic rings. The molecule has 0 saturated carbocycles. The fourth-order valence-electron chi connectivity index (χ4n) is 2.05. The van der Waals surface area contributed by atoms with Gasteiger partial charge in [0.1, 0.15) is 0 Å². The van der Waals surface area contributed by atoms with Gasteiger partial charge in [0.2, 0.25) is 11.8 Å². The number of hydrogen-bond donors (Lipinski definition) is 2. The largest absolute Gasteiger partial charge is 0.338 e. The van der Waals surface area contributed by atoms with E-state index < -0.39 is 6.04 Å². The molecule has 1 amide bonds. The van der Waals surface area contributed by atoms with E-state index in [1.54, 1.807) is 32.0 Å². The number of carbonyl (C=O) groups excluding carboxylic acids is 1. The molecular formula is C15H17Cl2N3O2. The summed E-state index contributed by atoms with van der Waals surface area (Å²) in [4.78, 5) is 12.1. The number of aromatic nitrogens is 1. The molecule has 1 aromatic carbocycles. The van der Waals surface area contributed by atoms with E-state index in [0.717, 1.165) is 5.56 Å². The van der Waals surface area contributed by atoms with Crippen molar-refractivity contribution in [2.75, 3.05) is 5.32 Å². The maximum absolute atomic E-state index is 12.1. The summed E-state index contributed by atoms with van der Waals surface area (Å²) in [5.41, 5.74) is 1.58. The van der Waals surface area contributed by atoms with Crippen LogP contribution in [0.2, 0.25) is 10.0 Å². The zero-order valence-corrected chi connectivity index (χ0v) is 14.0. The molecule has 0 aliphatic rings. The normalized spacial score (nSPS) is 13.7. The summed E-state index contributed by atoms with van der Waals surface area (Å²) in [6.07, 6.45) is 0. The van der Waals surface area contributed by atoms with Gasteiger partial charge in [-0.05, 0) is 38.5 Å². The van der Waals surface area contributed by atoms with Gasteiger partial charge in [0.15, 0.2) is 0 Å². The number of amides is 1. The second-order valence-corrected chi connectivity index (χ2v) is 5.94. The van der Waals surface area contributed by atoms with E-state index in [1.807, 2.05) is 13.0 Å². The number of carbonyl (C=O) groups is 1. The minimum atomic E-state index is -0.438. The van der Waals surface area contributed by atoms with Gasteiger partial charge in [-0.1, -0.05) is 34.4 Å². The highest BCUT2D eigenvalue weighted by Gasteiger charge is 2.19. The third-order valence-electron chi connectivity index (χ3n) is 3.20.